The van der Waals surface area contributed by atoms with E-state index in [4.69, 9.17) is 16.7 Å². The number of anilines is 1. The van der Waals surface area contributed by atoms with Crippen LogP contribution in [0.25, 0.3) is 0 Å². The average molecular weight is 311 g/mol. The summed E-state index contributed by atoms with van der Waals surface area (Å²) in [6.07, 6.45) is 0. The summed E-state index contributed by atoms with van der Waals surface area (Å²) >= 11 is 5.65. The molecule has 2 aromatic rings. The number of rotatable bonds is 4. The molecule has 0 spiro atoms. The number of carbonyl (C=O) groups is 2. The van der Waals surface area contributed by atoms with Crippen LogP contribution in [0.1, 0.15) is 20.8 Å². The number of nitrogens with one attached hydrogen (secondary N) is 2. The number of hydrogen-bond acceptors (Lipinski definition) is 5. The summed E-state index contributed by atoms with van der Waals surface area (Å²) in [5.74, 6) is -2.12. The number of carboxylic acid groups (broad SMARTS) is 1. The second-order valence-corrected chi connectivity index (χ2v) is 4.28. The molecule has 0 saturated carbocycles. The van der Waals surface area contributed by atoms with Crippen LogP contribution in [-0.2, 0) is 0 Å². The van der Waals surface area contributed by atoms with Crippen molar-refractivity contribution in [1.29, 1.82) is 0 Å². The first-order chi connectivity index (χ1) is 9.88. The lowest BCUT2D eigenvalue weighted by Crippen LogP contribution is -2.14. The Labute approximate surface area is 121 Å². The third-order valence-electron chi connectivity index (χ3n) is 2.45. The van der Waals surface area contributed by atoms with Crippen molar-refractivity contribution in [2.45, 2.75) is 0 Å². The molecule has 0 fully saturated rings. The number of nitro benzene ring substituents is 1. The molecule has 1 aromatic heterocycles. The average Bonchev–Trinajstić information content (AvgIpc) is 2.87. The smallest absolute Gasteiger partial charge is 0.353 e. The molecule has 3 N–H and O–H groups in total. The van der Waals surface area contributed by atoms with Crippen molar-refractivity contribution in [3.63, 3.8) is 0 Å². The summed E-state index contributed by atoms with van der Waals surface area (Å²) in [6.45, 7) is 0. The van der Waals surface area contributed by atoms with Gasteiger partial charge in [0.15, 0.2) is 5.82 Å². The molecule has 9 nitrogen and oxygen atoms in total. The van der Waals surface area contributed by atoms with Crippen LogP contribution < -0.4 is 5.32 Å². The maximum atomic E-state index is 12.0. The van der Waals surface area contributed by atoms with Crippen LogP contribution >= 0.6 is 11.6 Å². The third-order valence-corrected chi connectivity index (χ3v) is 2.69. The Morgan fingerprint density at radius 3 is 2.67 bits per heavy atom. The van der Waals surface area contributed by atoms with Gasteiger partial charge in [-0.1, -0.05) is 11.6 Å². The van der Waals surface area contributed by atoms with Gasteiger partial charge in [-0.3, -0.25) is 20.0 Å². The number of halogens is 1. The number of nitrogens with zero attached hydrogens (tertiary/aromatic N) is 2. The summed E-state index contributed by atoms with van der Waals surface area (Å²) in [5.41, 5.74) is -0.908. The van der Waals surface area contributed by atoms with E-state index in [0.717, 1.165) is 12.1 Å². The van der Waals surface area contributed by atoms with Crippen molar-refractivity contribution < 1.29 is 19.6 Å². The van der Waals surface area contributed by atoms with Gasteiger partial charge in [0, 0.05) is 17.2 Å². The van der Waals surface area contributed by atoms with Crippen LogP contribution in [-0.4, -0.2) is 32.1 Å². The van der Waals surface area contributed by atoms with Crippen LogP contribution in [0.5, 0.6) is 0 Å². The number of H-pyrrole nitrogens is 1. The number of benzene rings is 1. The van der Waals surface area contributed by atoms with Gasteiger partial charge in [-0.05, 0) is 12.1 Å². The fraction of sp³-hybridized carbons (Fsp3) is 0. The zero-order chi connectivity index (χ0) is 15.6. The van der Waals surface area contributed by atoms with Crippen LogP contribution in [0.2, 0.25) is 5.02 Å². The van der Waals surface area contributed by atoms with Gasteiger partial charge in [-0.2, -0.15) is 5.10 Å². The van der Waals surface area contributed by atoms with Crippen LogP contribution in [0.15, 0.2) is 24.3 Å². The van der Waals surface area contributed by atoms with Crippen LogP contribution in [0.3, 0.4) is 0 Å². The van der Waals surface area contributed by atoms with Gasteiger partial charge in [0.25, 0.3) is 11.6 Å². The molecule has 10 heteroatoms. The molecular formula is C11H7ClN4O5. The predicted molar refractivity (Wildman–Crippen MR) is 71.6 cm³/mol. The first-order valence-electron chi connectivity index (χ1n) is 5.42. The van der Waals surface area contributed by atoms with Crippen molar-refractivity contribution in [2.24, 2.45) is 0 Å². The molecule has 0 unspecified atom stereocenters. The summed E-state index contributed by atoms with van der Waals surface area (Å²) in [6, 6.07) is 4.66. The first kappa shape index (κ1) is 14.5. The predicted octanol–water partition coefficient (Wildman–Crippen LogP) is 1.92. The van der Waals surface area contributed by atoms with E-state index < -0.39 is 22.5 Å². The molecule has 0 aliphatic rings. The summed E-state index contributed by atoms with van der Waals surface area (Å²) in [7, 11) is 0. The quantitative estimate of drug-likeness (QED) is 0.582. The maximum Gasteiger partial charge on any atom is 0.353 e. The van der Waals surface area contributed by atoms with Crippen molar-refractivity contribution in [1.82, 2.24) is 10.2 Å². The first-order valence-corrected chi connectivity index (χ1v) is 5.80. The molecule has 21 heavy (non-hydrogen) atoms. The van der Waals surface area contributed by atoms with Gasteiger partial charge >= 0.3 is 5.97 Å². The van der Waals surface area contributed by atoms with Gasteiger partial charge in [-0.25, -0.2) is 4.79 Å². The SMILES string of the molecule is O=C(O)c1cc(NC(=O)c2ccc(Cl)cc2[N+](=O)[O-])n[nH]1. The van der Waals surface area contributed by atoms with Gasteiger partial charge in [0.2, 0.25) is 0 Å². The van der Waals surface area contributed by atoms with Crippen molar-refractivity contribution in [3.05, 3.63) is 50.7 Å². The molecule has 0 aliphatic carbocycles. The highest BCUT2D eigenvalue weighted by Gasteiger charge is 2.21. The lowest BCUT2D eigenvalue weighted by atomic mass is 10.1. The highest BCUT2D eigenvalue weighted by atomic mass is 35.5. The highest BCUT2D eigenvalue weighted by molar-refractivity contribution is 6.31. The summed E-state index contributed by atoms with van der Waals surface area (Å²) < 4.78 is 0. The third kappa shape index (κ3) is 3.15. The monoisotopic (exact) mass is 310 g/mol. The van der Waals surface area contributed by atoms with Gasteiger partial charge in [-0.15, -0.1) is 0 Å². The Balaban J connectivity index is 2.27. The van der Waals surface area contributed by atoms with Gasteiger partial charge in [0.1, 0.15) is 11.3 Å². The number of aromatic nitrogens is 2. The molecule has 1 aromatic carbocycles. The number of carboxylic acids is 1. The number of amides is 1. The zero-order valence-corrected chi connectivity index (χ0v) is 10.9. The van der Waals surface area contributed by atoms with Gasteiger partial charge in [0.05, 0.1) is 4.92 Å². The largest absolute Gasteiger partial charge is 0.477 e. The molecule has 1 amide bonds. The van der Waals surface area contributed by atoms with E-state index in [2.05, 4.69) is 15.5 Å². The van der Waals surface area contributed by atoms with E-state index in [1.54, 1.807) is 0 Å². The molecule has 108 valence electrons. The molecule has 0 saturated heterocycles. The van der Waals surface area contributed by atoms with E-state index >= 15 is 0 Å². The van der Waals surface area contributed by atoms with Crippen molar-refractivity contribution in [3.8, 4) is 0 Å². The van der Waals surface area contributed by atoms with Crippen molar-refractivity contribution >= 4 is 35.0 Å². The number of hydrogen-bond donors (Lipinski definition) is 3. The summed E-state index contributed by atoms with van der Waals surface area (Å²) in [5, 5.41) is 27.7. The van der Waals surface area contributed by atoms with E-state index in [-0.39, 0.29) is 22.1 Å². The second-order valence-electron chi connectivity index (χ2n) is 3.84. The normalized spacial score (nSPS) is 10.1. The Morgan fingerprint density at radius 2 is 2.10 bits per heavy atom. The fourth-order valence-corrected chi connectivity index (χ4v) is 1.69. The van der Waals surface area contributed by atoms with Crippen molar-refractivity contribution in [2.75, 3.05) is 5.32 Å². The molecule has 1 heterocycles. The lowest BCUT2D eigenvalue weighted by molar-refractivity contribution is -0.385. The Morgan fingerprint density at radius 1 is 1.38 bits per heavy atom. The van der Waals surface area contributed by atoms with E-state index in [0.29, 0.717) is 0 Å². The molecular weight excluding hydrogens is 304 g/mol. The number of nitro groups is 1. The van der Waals surface area contributed by atoms with Crippen LogP contribution in [0, 0.1) is 10.1 Å². The minimum Gasteiger partial charge on any atom is -0.477 e. The lowest BCUT2D eigenvalue weighted by Gasteiger charge is -2.03. The van der Waals surface area contributed by atoms with E-state index in [1.165, 1.54) is 12.1 Å². The molecule has 0 radical (unpaired) electrons. The standard InChI is InChI=1S/C11H7ClN4O5/c12-5-1-2-6(8(3-5)16(20)21)10(17)13-9-4-7(11(18)19)14-15-9/h1-4H,(H,18,19)(H2,13,14,15,17). The van der Waals surface area contributed by atoms with Crippen LogP contribution in [0.4, 0.5) is 11.5 Å². The Hall–Kier alpha value is -2.94. The second kappa shape index (κ2) is 5.59. The topological polar surface area (TPSA) is 138 Å². The Bertz CT molecular complexity index is 742. The minimum absolute atomic E-state index is 0.0679. The number of aromatic carboxylic acids is 1. The van der Waals surface area contributed by atoms with Gasteiger partial charge < -0.3 is 10.4 Å². The van der Waals surface area contributed by atoms with E-state index in [1.807, 2.05) is 0 Å². The molecule has 0 bridgehead atoms. The number of carbonyl (C=O) groups excluding carboxylic acids is 1. The zero-order valence-electron chi connectivity index (χ0n) is 10.2. The Kier molecular flexibility index (Phi) is 3.85. The minimum atomic E-state index is -1.25. The molecule has 2 rings (SSSR count). The van der Waals surface area contributed by atoms with E-state index in [9.17, 15) is 19.7 Å². The summed E-state index contributed by atoms with van der Waals surface area (Å²) in [4.78, 5) is 32.8. The fourth-order valence-electron chi connectivity index (χ4n) is 1.53. The highest BCUT2D eigenvalue weighted by Crippen LogP contribution is 2.24. The number of aromatic amines is 1. The molecule has 0 atom stereocenters. The maximum absolute atomic E-state index is 12.0. The molecule has 0 aliphatic heterocycles.